The second-order valence-corrected chi connectivity index (χ2v) is 14.1. The molecule has 8 nitrogen and oxygen atoms in total. The molecule has 2 atom stereocenters. The third-order valence-corrected chi connectivity index (χ3v) is 10.4. The van der Waals surface area contributed by atoms with Gasteiger partial charge in [0, 0.05) is 24.0 Å². The van der Waals surface area contributed by atoms with Gasteiger partial charge in [-0.1, -0.05) is 78.1 Å². The first-order valence-corrected chi connectivity index (χ1v) is 17.5. The van der Waals surface area contributed by atoms with Crippen LogP contribution in [0.5, 0.6) is 5.75 Å². The second kappa shape index (κ2) is 16.4. The predicted molar refractivity (Wildman–Crippen MR) is 188 cm³/mol. The number of nitrogens with zero attached hydrogens (tertiary/aromatic N) is 2. The molecule has 0 heterocycles. The van der Waals surface area contributed by atoms with Crippen molar-refractivity contribution in [2.75, 3.05) is 18.0 Å². The van der Waals surface area contributed by atoms with Gasteiger partial charge in [0.25, 0.3) is 10.0 Å². The summed E-state index contributed by atoms with van der Waals surface area (Å²) in [7, 11) is -2.81. The fourth-order valence-corrected chi connectivity index (χ4v) is 6.70. The summed E-state index contributed by atoms with van der Waals surface area (Å²) in [4.78, 5) is 29.8. The van der Waals surface area contributed by atoms with E-state index >= 15 is 0 Å². The average molecular weight is 717 g/mol. The Labute approximate surface area is 291 Å². The standard InChI is InChI=1S/C35H36Cl3N3O5S/c1-4-24(2)39-35(43)33(21-25-8-6-5-7-9-25)40(22-26-10-19-31(37)32(38)20-26)34(42)23-41(28-13-11-27(36)12-14-28)47(44,45)30-17-15-29(46-3)16-18-30/h5-20,24,33H,4,21-23H2,1-3H3,(H,39,43)/t24-,33+/m0/s1. The van der Waals surface area contributed by atoms with Crippen molar-refractivity contribution in [1.82, 2.24) is 10.2 Å². The zero-order valence-electron chi connectivity index (χ0n) is 26.2. The van der Waals surface area contributed by atoms with Crippen molar-refractivity contribution in [2.24, 2.45) is 0 Å². The highest BCUT2D eigenvalue weighted by Gasteiger charge is 2.35. The van der Waals surface area contributed by atoms with Crippen LogP contribution in [-0.4, -0.2) is 50.9 Å². The fraction of sp³-hybridized carbons (Fsp3) is 0.257. The molecule has 0 aliphatic heterocycles. The molecule has 0 aliphatic rings. The van der Waals surface area contributed by atoms with Crippen molar-refractivity contribution >= 4 is 62.3 Å². The van der Waals surface area contributed by atoms with Crippen LogP contribution in [-0.2, 0) is 32.6 Å². The monoisotopic (exact) mass is 715 g/mol. The molecule has 0 saturated carbocycles. The number of rotatable bonds is 14. The minimum Gasteiger partial charge on any atom is -0.497 e. The third-order valence-electron chi connectivity index (χ3n) is 7.65. The summed E-state index contributed by atoms with van der Waals surface area (Å²) in [6.07, 6.45) is 0.858. The van der Waals surface area contributed by atoms with Crippen molar-refractivity contribution < 1.29 is 22.7 Å². The molecule has 1 N–H and O–H groups in total. The van der Waals surface area contributed by atoms with Gasteiger partial charge in [0.2, 0.25) is 11.8 Å². The van der Waals surface area contributed by atoms with Gasteiger partial charge in [-0.3, -0.25) is 13.9 Å². The van der Waals surface area contributed by atoms with Gasteiger partial charge in [-0.25, -0.2) is 8.42 Å². The number of amides is 2. The molecule has 0 radical (unpaired) electrons. The normalized spacial score (nSPS) is 12.6. The first-order chi connectivity index (χ1) is 22.4. The molecule has 0 saturated heterocycles. The van der Waals surface area contributed by atoms with Crippen molar-refractivity contribution in [3.05, 3.63) is 123 Å². The lowest BCUT2D eigenvalue weighted by Crippen LogP contribution is -2.54. The van der Waals surface area contributed by atoms with Crippen LogP contribution in [0.3, 0.4) is 0 Å². The van der Waals surface area contributed by atoms with E-state index in [1.54, 1.807) is 30.3 Å². The summed E-state index contributed by atoms with van der Waals surface area (Å²) in [6.45, 7) is 3.17. The Balaban J connectivity index is 1.82. The number of nitrogens with one attached hydrogen (secondary N) is 1. The van der Waals surface area contributed by atoms with E-state index in [-0.39, 0.29) is 40.5 Å². The summed E-state index contributed by atoms with van der Waals surface area (Å²) in [5, 5.41) is 4.03. The lowest BCUT2D eigenvalue weighted by molar-refractivity contribution is -0.140. The van der Waals surface area contributed by atoms with E-state index in [0.717, 1.165) is 9.87 Å². The summed E-state index contributed by atoms with van der Waals surface area (Å²) in [5.74, 6) is -0.502. The maximum atomic E-state index is 14.6. The van der Waals surface area contributed by atoms with Crippen LogP contribution in [0.25, 0.3) is 0 Å². The predicted octanol–water partition coefficient (Wildman–Crippen LogP) is 7.41. The number of sulfonamides is 1. The van der Waals surface area contributed by atoms with E-state index in [2.05, 4.69) is 5.32 Å². The van der Waals surface area contributed by atoms with E-state index in [1.165, 1.54) is 48.4 Å². The van der Waals surface area contributed by atoms with Crippen LogP contribution < -0.4 is 14.4 Å². The Morgan fingerprint density at radius 2 is 1.51 bits per heavy atom. The van der Waals surface area contributed by atoms with Crippen molar-refractivity contribution in [3.63, 3.8) is 0 Å². The zero-order chi connectivity index (χ0) is 34.1. The molecular formula is C35H36Cl3N3O5S. The van der Waals surface area contributed by atoms with Crippen LogP contribution in [0.4, 0.5) is 5.69 Å². The van der Waals surface area contributed by atoms with Crippen LogP contribution in [0, 0.1) is 0 Å². The average Bonchev–Trinajstić information content (AvgIpc) is 3.07. The number of anilines is 1. The molecule has 0 fully saturated rings. The Bertz CT molecular complexity index is 1770. The zero-order valence-corrected chi connectivity index (χ0v) is 29.3. The molecule has 248 valence electrons. The van der Waals surface area contributed by atoms with Crippen LogP contribution in [0.2, 0.25) is 15.1 Å². The van der Waals surface area contributed by atoms with Gasteiger partial charge in [0.1, 0.15) is 18.3 Å². The molecule has 4 rings (SSSR count). The summed E-state index contributed by atoms with van der Waals surface area (Å²) >= 11 is 18.7. The number of ether oxygens (including phenoxy) is 1. The molecular weight excluding hydrogens is 681 g/mol. The first-order valence-electron chi connectivity index (χ1n) is 14.9. The highest BCUT2D eigenvalue weighted by molar-refractivity contribution is 7.92. The van der Waals surface area contributed by atoms with Crippen LogP contribution >= 0.6 is 34.8 Å². The Hall–Kier alpha value is -3.76. The van der Waals surface area contributed by atoms with Gasteiger partial charge in [-0.15, -0.1) is 0 Å². The van der Waals surface area contributed by atoms with Gasteiger partial charge in [0.05, 0.1) is 27.7 Å². The number of hydrogen-bond donors (Lipinski definition) is 1. The molecule has 2 amide bonds. The second-order valence-electron chi connectivity index (χ2n) is 11.0. The first kappa shape index (κ1) is 36.1. The largest absolute Gasteiger partial charge is 0.497 e. The van der Waals surface area contributed by atoms with E-state index in [4.69, 9.17) is 39.5 Å². The smallest absolute Gasteiger partial charge is 0.264 e. The number of benzene rings is 4. The highest BCUT2D eigenvalue weighted by Crippen LogP contribution is 2.28. The maximum Gasteiger partial charge on any atom is 0.264 e. The van der Waals surface area contributed by atoms with Crippen molar-refractivity contribution in [1.29, 1.82) is 0 Å². The lowest BCUT2D eigenvalue weighted by atomic mass is 10.0. The highest BCUT2D eigenvalue weighted by atomic mass is 35.5. The van der Waals surface area contributed by atoms with Crippen LogP contribution in [0.1, 0.15) is 31.4 Å². The third kappa shape index (κ3) is 9.41. The summed E-state index contributed by atoms with van der Waals surface area (Å²) in [5.41, 5.74) is 1.65. The molecule has 47 heavy (non-hydrogen) atoms. The minimum atomic E-state index is -4.29. The quantitative estimate of drug-likeness (QED) is 0.147. The van der Waals surface area contributed by atoms with Gasteiger partial charge < -0.3 is 15.0 Å². The Morgan fingerprint density at radius 1 is 0.851 bits per heavy atom. The number of carbonyl (C=O) groups excluding carboxylic acids is 2. The van der Waals surface area contributed by atoms with E-state index in [1.807, 2.05) is 44.2 Å². The molecule has 0 unspecified atom stereocenters. The Kier molecular flexibility index (Phi) is 12.6. The number of methoxy groups -OCH3 is 1. The molecule has 4 aromatic carbocycles. The molecule has 4 aromatic rings. The number of carbonyl (C=O) groups is 2. The Morgan fingerprint density at radius 3 is 2.11 bits per heavy atom. The van der Waals surface area contributed by atoms with E-state index in [9.17, 15) is 18.0 Å². The fourth-order valence-electron chi connectivity index (χ4n) is 4.84. The number of hydrogen-bond acceptors (Lipinski definition) is 5. The van der Waals surface area contributed by atoms with Gasteiger partial charge in [0.15, 0.2) is 0 Å². The summed E-state index contributed by atoms with van der Waals surface area (Å²) < 4.78 is 34.5. The van der Waals surface area contributed by atoms with E-state index in [0.29, 0.717) is 27.8 Å². The van der Waals surface area contributed by atoms with Crippen molar-refractivity contribution in [3.8, 4) is 5.75 Å². The van der Waals surface area contributed by atoms with E-state index < -0.39 is 28.5 Å². The minimum absolute atomic E-state index is 0.0435. The molecule has 0 bridgehead atoms. The molecule has 0 aromatic heterocycles. The SMILES string of the molecule is CC[C@H](C)NC(=O)[C@@H](Cc1ccccc1)N(Cc1ccc(Cl)c(Cl)c1)C(=O)CN(c1ccc(Cl)cc1)S(=O)(=O)c1ccc(OC)cc1. The van der Waals surface area contributed by atoms with Crippen LogP contribution in [0.15, 0.2) is 102 Å². The summed E-state index contributed by atoms with van der Waals surface area (Å²) in [6, 6.07) is 25.1. The maximum absolute atomic E-state index is 14.6. The molecule has 0 spiro atoms. The molecule has 12 heteroatoms. The number of halogens is 3. The van der Waals surface area contributed by atoms with Gasteiger partial charge in [-0.05, 0) is 85.1 Å². The lowest BCUT2D eigenvalue weighted by Gasteiger charge is -2.34. The topological polar surface area (TPSA) is 96.0 Å². The van der Waals surface area contributed by atoms with Gasteiger partial charge >= 0.3 is 0 Å². The van der Waals surface area contributed by atoms with Gasteiger partial charge in [-0.2, -0.15) is 0 Å². The van der Waals surface area contributed by atoms with Crippen molar-refractivity contribution in [2.45, 2.75) is 50.2 Å². The molecule has 0 aliphatic carbocycles.